The lowest BCUT2D eigenvalue weighted by atomic mass is 10.3. The molecule has 2 amide bonds. The minimum absolute atomic E-state index is 0.120. The second kappa shape index (κ2) is 5.92. The quantitative estimate of drug-likeness (QED) is 0.538. The molecule has 7 nitrogen and oxygen atoms in total. The molecule has 0 aliphatic rings. The van der Waals surface area contributed by atoms with Gasteiger partial charge in [0.05, 0.1) is 18.8 Å². The van der Waals surface area contributed by atoms with Gasteiger partial charge < -0.3 is 22.1 Å². The number of nitrogens with zero attached hydrogens (tertiary/aromatic N) is 2. The molecule has 0 saturated heterocycles. The molecule has 1 aromatic heterocycles. The molecule has 0 radical (unpaired) electrons. The Bertz CT molecular complexity index is 475. The van der Waals surface area contributed by atoms with Gasteiger partial charge in [-0.25, -0.2) is 4.98 Å². The fourth-order valence-corrected chi connectivity index (χ4v) is 1.44. The van der Waals surface area contributed by atoms with Crippen molar-refractivity contribution in [3.63, 3.8) is 0 Å². The first-order valence-electron chi connectivity index (χ1n) is 4.98. The molecule has 1 aromatic rings. The minimum atomic E-state index is -0.598. The van der Waals surface area contributed by atoms with Crippen LogP contribution in [-0.4, -0.2) is 34.9 Å². The van der Waals surface area contributed by atoms with E-state index in [4.69, 9.17) is 29.4 Å². The van der Waals surface area contributed by atoms with E-state index in [9.17, 15) is 9.59 Å². The SMILES string of the molecule is NC(=O)CN(CC(N)=O)c1cccc(C(N)=S)n1. The summed E-state index contributed by atoms with van der Waals surface area (Å²) in [6.45, 7) is -0.340. The molecule has 1 heterocycles. The number of hydrogen-bond acceptors (Lipinski definition) is 5. The third kappa shape index (κ3) is 3.98. The first kappa shape index (κ1) is 13.8. The van der Waals surface area contributed by atoms with Gasteiger partial charge in [-0.05, 0) is 12.1 Å². The lowest BCUT2D eigenvalue weighted by Crippen LogP contribution is -2.40. The summed E-state index contributed by atoms with van der Waals surface area (Å²) in [5.74, 6) is -0.838. The number of anilines is 1. The molecule has 0 aliphatic heterocycles. The molecule has 0 bridgehead atoms. The topological polar surface area (TPSA) is 128 Å². The van der Waals surface area contributed by atoms with Gasteiger partial charge in [-0.2, -0.15) is 0 Å². The van der Waals surface area contributed by atoms with Crippen molar-refractivity contribution in [3.8, 4) is 0 Å². The molecular formula is C10H13N5O2S. The molecule has 8 heteroatoms. The minimum Gasteiger partial charge on any atom is -0.388 e. The molecule has 18 heavy (non-hydrogen) atoms. The van der Waals surface area contributed by atoms with E-state index in [1.807, 2.05) is 0 Å². The van der Waals surface area contributed by atoms with E-state index >= 15 is 0 Å². The van der Waals surface area contributed by atoms with Crippen molar-refractivity contribution >= 4 is 34.8 Å². The highest BCUT2D eigenvalue weighted by Crippen LogP contribution is 2.11. The fourth-order valence-electron chi connectivity index (χ4n) is 1.33. The van der Waals surface area contributed by atoms with Crippen molar-refractivity contribution in [2.75, 3.05) is 18.0 Å². The Balaban J connectivity index is 3.03. The lowest BCUT2D eigenvalue weighted by Gasteiger charge is -2.20. The van der Waals surface area contributed by atoms with Crippen LogP contribution in [0.25, 0.3) is 0 Å². The van der Waals surface area contributed by atoms with E-state index in [1.54, 1.807) is 18.2 Å². The number of pyridine rings is 1. The van der Waals surface area contributed by atoms with E-state index in [0.29, 0.717) is 11.5 Å². The van der Waals surface area contributed by atoms with Crippen LogP contribution in [0.15, 0.2) is 18.2 Å². The number of amides is 2. The van der Waals surface area contributed by atoms with Crippen LogP contribution in [-0.2, 0) is 9.59 Å². The Morgan fingerprint density at radius 1 is 1.17 bits per heavy atom. The monoisotopic (exact) mass is 267 g/mol. The summed E-state index contributed by atoms with van der Waals surface area (Å²) in [6, 6.07) is 4.89. The summed E-state index contributed by atoms with van der Waals surface area (Å²) >= 11 is 4.80. The number of aromatic nitrogens is 1. The Morgan fingerprint density at radius 2 is 1.72 bits per heavy atom. The van der Waals surface area contributed by atoms with Crippen LogP contribution in [0.5, 0.6) is 0 Å². The lowest BCUT2D eigenvalue weighted by molar-refractivity contribution is -0.117. The van der Waals surface area contributed by atoms with Crippen LogP contribution in [0, 0.1) is 0 Å². The molecule has 0 aliphatic carbocycles. The molecular weight excluding hydrogens is 254 g/mol. The number of nitrogens with two attached hydrogens (primary N) is 3. The second-order valence-electron chi connectivity index (χ2n) is 3.53. The molecule has 0 fully saturated rings. The van der Waals surface area contributed by atoms with E-state index < -0.39 is 11.8 Å². The number of primary amides is 2. The highest BCUT2D eigenvalue weighted by Gasteiger charge is 2.14. The van der Waals surface area contributed by atoms with Crippen LogP contribution < -0.4 is 22.1 Å². The van der Waals surface area contributed by atoms with Crippen LogP contribution in [0.4, 0.5) is 5.82 Å². The van der Waals surface area contributed by atoms with Crippen molar-refractivity contribution in [1.29, 1.82) is 0 Å². The van der Waals surface area contributed by atoms with Crippen LogP contribution >= 0.6 is 12.2 Å². The summed E-state index contributed by atoms with van der Waals surface area (Å²) in [6.07, 6.45) is 0. The molecule has 96 valence electrons. The highest BCUT2D eigenvalue weighted by atomic mass is 32.1. The largest absolute Gasteiger partial charge is 0.388 e. The fraction of sp³-hybridized carbons (Fsp3) is 0.200. The van der Waals surface area contributed by atoms with Crippen molar-refractivity contribution in [3.05, 3.63) is 23.9 Å². The van der Waals surface area contributed by atoms with Crippen molar-refractivity contribution in [2.24, 2.45) is 17.2 Å². The van der Waals surface area contributed by atoms with E-state index in [2.05, 4.69) is 4.98 Å². The first-order chi connectivity index (χ1) is 8.40. The zero-order valence-corrected chi connectivity index (χ0v) is 10.3. The number of carbonyl (C=O) groups excluding carboxylic acids is 2. The maximum Gasteiger partial charge on any atom is 0.237 e. The van der Waals surface area contributed by atoms with Gasteiger partial charge in [0.15, 0.2) is 0 Å². The summed E-state index contributed by atoms with van der Waals surface area (Å²) in [4.78, 5) is 27.5. The summed E-state index contributed by atoms with van der Waals surface area (Å²) < 4.78 is 0. The summed E-state index contributed by atoms with van der Waals surface area (Å²) in [5, 5.41) is 0. The van der Waals surface area contributed by atoms with Crippen LogP contribution in [0.2, 0.25) is 0 Å². The molecule has 0 spiro atoms. The Hall–Kier alpha value is -2.22. The van der Waals surface area contributed by atoms with Gasteiger partial charge >= 0.3 is 0 Å². The van der Waals surface area contributed by atoms with Gasteiger partial charge in [-0.15, -0.1) is 0 Å². The summed E-state index contributed by atoms with van der Waals surface area (Å²) in [5.41, 5.74) is 16.0. The molecule has 6 N–H and O–H groups in total. The van der Waals surface area contributed by atoms with Crippen LogP contribution in [0.3, 0.4) is 0 Å². The zero-order valence-electron chi connectivity index (χ0n) is 9.50. The van der Waals surface area contributed by atoms with Gasteiger partial charge in [0, 0.05) is 0 Å². The van der Waals surface area contributed by atoms with E-state index in [1.165, 1.54) is 4.90 Å². The maximum absolute atomic E-state index is 10.9. The predicted octanol–water partition coefficient (Wildman–Crippen LogP) is -1.51. The van der Waals surface area contributed by atoms with Crippen molar-refractivity contribution in [1.82, 2.24) is 4.98 Å². The second-order valence-corrected chi connectivity index (χ2v) is 3.97. The summed E-state index contributed by atoms with van der Waals surface area (Å²) in [7, 11) is 0. The normalized spacial score (nSPS) is 9.78. The van der Waals surface area contributed by atoms with Gasteiger partial charge in [-0.3, -0.25) is 9.59 Å². The Morgan fingerprint density at radius 3 is 2.17 bits per heavy atom. The molecule has 0 atom stereocenters. The average Bonchev–Trinajstić information content (AvgIpc) is 2.27. The third-order valence-electron chi connectivity index (χ3n) is 2.00. The van der Waals surface area contributed by atoms with E-state index in [0.717, 1.165) is 0 Å². The van der Waals surface area contributed by atoms with E-state index in [-0.39, 0.29) is 18.1 Å². The van der Waals surface area contributed by atoms with Gasteiger partial charge in [0.1, 0.15) is 10.8 Å². The molecule has 0 saturated carbocycles. The number of rotatable bonds is 6. The number of carbonyl (C=O) groups is 2. The zero-order chi connectivity index (χ0) is 13.7. The highest BCUT2D eigenvalue weighted by molar-refractivity contribution is 7.80. The predicted molar refractivity (Wildman–Crippen MR) is 70.7 cm³/mol. The maximum atomic E-state index is 10.9. The van der Waals surface area contributed by atoms with Crippen molar-refractivity contribution in [2.45, 2.75) is 0 Å². The molecule has 0 unspecified atom stereocenters. The smallest absolute Gasteiger partial charge is 0.237 e. The van der Waals surface area contributed by atoms with Gasteiger partial charge in [0.2, 0.25) is 11.8 Å². The third-order valence-corrected chi connectivity index (χ3v) is 2.21. The van der Waals surface area contributed by atoms with Gasteiger partial charge in [-0.1, -0.05) is 18.3 Å². The standard InChI is InChI=1S/C10H13N5O2S/c11-7(16)4-15(5-8(12)17)9-3-1-2-6(14-9)10(13)18/h1-3H,4-5H2,(H2,11,16)(H2,12,17)(H2,13,18). The Kier molecular flexibility index (Phi) is 4.55. The average molecular weight is 267 g/mol. The van der Waals surface area contributed by atoms with Crippen LogP contribution in [0.1, 0.15) is 5.69 Å². The van der Waals surface area contributed by atoms with Crippen molar-refractivity contribution < 1.29 is 9.59 Å². The molecule has 0 aromatic carbocycles. The first-order valence-corrected chi connectivity index (χ1v) is 5.39. The van der Waals surface area contributed by atoms with Gasteiger partial charge in [0.25, 0.3) is 0 Å². The molecule has 1 rings (SSSR count). The Labute approximate surface area is 109 Å². The number of thiocarbonyl (C=S) groups is 1. The number of hydrogen-bond donors (Lipinski definition) is 3.